The van der Waals surface area contributed by atoms with Gasteiger partial charge in [0.1, 0.15) is 4.90 Å². The van der Waals surface area contributed by atoms with Crippen molar-refractivity contribution in [1.82, 2.24) is 19.0 Å². The van der Waals surface area contributed by atoms with Crippen molar-refractivity contribution in [2.24, 2.45) is 0 Å². The molecule has 2 heterocycles. The zero-order valence-electron chi connectivity index (χ0n) is 15.7. The highest BCUT2D eigenvalue weighted by atomic mass is 35.5. The third-order valence-electron chi connectivity index (χ3n) is 4.89. The number of piperazine rings is 1. The lowest BCUT2D eigenvalue weighted by Crippen LogP contribution is -2.49. The first-order valence-corrected chi connectivity index (χ1v) is 11.1. The average Bonchev–Trinajstić information content (AvgIpc) is 2.94. The molecule has 1 aliphatic rings. The Morgan fingerprint density at radius 2 is 1.63 bits per heavy atom. The lowest BCUT2D eigenvalue weighted by Gasteiger charge is -2.34. The highest BCUT2D eigenvalue weighted by Gasteiger charge is 2.30. The van der Waals surface area contributed by atoms with Crippen LogP contribution in [0.2, 0.25) is 10.0 Å². The zero-order valence-corrected chi connectivity index (χ0v) is 18.1. The molecule has 2 aromatic rings. The summed E-state index contributed by atoms with van der Waals surface area (Å²) in [6, 6.07) is 5.10. The number of hydrogen-bond donors (Lipinski definition) is 0. The molecule has 0 radical (unpaired) electrons. The molecular formula is C18H24Cl2N4O2S. The van der Waals surface area contributed by atoms with E-state index in [2.05, 4.69) is 16.1 Å². The minimum Gasteiger partial charge on any atom is -0.299 e. The second kappa shape index (κ2) is 8.09. The molecule has 0 unspecified atom stereocenters. The normalized spacial score (nSPS) is 16.8. The largest absolute Gasteiger partial charge is 0.299 e. The highest BCUT2D eigenvalue weighted by molar-refractivity contribution is 7.89. The van der Waals surface area contributed by atoms with E-state index in [9.17, 15) is 8.42 Å². The summed E-state index contributed by atoms with van der Waals surface area (Å²) in [5.41, 5.74) is 2.85. The maximum absolute atomic E-state index is 13.0. The standard InChI is InChI=1S/C18H24Cl2N4O2S/c1-13-10-18(17(20)12-16(13)19)27(25,26)23-7-4-22(5-8-23)6-9-24-15(3)11-14(2)21-24/h10-12H,4-9H2,1-3H3. The summed E-state index contributed by atoms with van der Waals surface area (Å²) in [6.45, 7) is 9.69. The van der Waals surface area contributed by atoms with Crippen molar-refractivity contribution in [2.45, 2.75) is 32.2 Å². The Morgan fingerprint density at radius 1 is 0.963 bits per heavy atom. The van der Waals surface area contributed by atoms with Crippen LogP contribution in [0.4, 0.5) is 0 Å². The van der Waals surface area contributed by atoms with Gasteiger partial charge in [-0.2, -0.15) is 9.40 Å². The lowest BCUT2D eigenvalue weighted by molar-refractivity contribution is 0.180. The number of benzene rings is 1. The van der Waals surface area contributed by atoms with Gasteiger partial charge in [0.05, 0.1) is 17.3 Å². The van der Waals surface area contributed by atoms with E-state index in [1.54, 1.807) is 13.0 Å². The molecule has 0 saturated carbocycles. The van der Waals surface area contributed by atoms with E-state index >= 15 is 0 Å². The molecule has 6 nitrogen and oxygen atoms in total. The van der Waals surface area contributed by atoms with Crippen LogP contribution in [0, 0.1) is 20.8 Å². The molecule has 148 valence electrons. The molecule has 0 amide bonds. The fourth-order valence-electron chi connectivity index (χ4n) is 3.30. The Kier molecular flexibility index (Phi) is 6.17. The summed E-state index contributed by atoms with van der Waals surface area (Å²) in [6.07, 6.45) is 0. The Morgan fingerprint density at radius 3 is 2.22 bits per heavy atom. The number of aromatic nitrogens is 2. The predicted octanol–water partition coefficient (Wildman–Crippen LogP) is 3.12. The Labute approximate surface area is 170 Å². The van der Waals surface area contributed by atoms with Crippen molar-refractivity contribution >= 4 is 33.2 Å². The van der Waals surface area contributed by atoms with Gasteiger partial charge in [-0.15, -0.1) is 0 Å². The van der Waals surface area contributed by atoms with E-state index < -0.39 is 10.0 Å². The minimum atomic E-state index is -3.63. The van der Waals surface area contributed by atoms with Crippen LogP contribution >= 0.6 is 23.2 Å². The second-order valence-electron chi connectivity index (χ2n) is 6.93. The topological polar surface area (TPSA) is 58.4 Å². The van der Waals surface area contributed by atoms with Crippen LogP contribution in [-0.2, 0) is 16.6 Å². The van der Waals surface area contributed by atoms with Crippen molar-refractivity contribution in [3.63, 3.8) is 0 Å². The molecule has 1 saturated heterocycles. The summed E-state index contributed by atoms with van der Waals surface area (Å²) in [5, 5.41) is 5.10. The summed E-state index contributed by atoms with van der Waals surface area (Å²) in [5.74, 6) is 0. The SMILES string of the molecule is Cc1cc(C)n(CCN2CCN(S(=O)(=O)c3cc(C)c(Cl)cc3Cl)CC2)n1. The average molecular weight is 431 g/mol. The second-order valence-corrected chi connectivity index (χ2v) is 9.65. The van der Waals surface area contributed by atoms with Gasteiger partial charge in [-0.3, -0.25) is 9.58 Å². The quantitative estimate of drug-likeness (QED) is 0.730. The van der Waals surface area contributed by atoms with Crippen molar-refractivity contribution < 1.29 is 8.42 Å². The monoisotopic (exact) mass is 430 g/mol. The van der Waals surface area contributed by atoms with Gasteiger partial charge in [-0.1, -0.05) is 23.2 Å². The van der Waals surface area contributed by atoms with E-state index in [1.807, 2.05) is 18.5 Å². The molecule has 27 heavy (non-hydrogen) atoms. The number of sulfonamides is 1. The van der Waals surface area contributed by atoms with Gasteiger partial charge in [0, 0.05) is 43.4 Å². The van der Waals surface area contributed by atoms with Crippen LogP contribution in [0.25, 0.3) is 0 Å². The molecular weight excluding hydrogens is 407 g/mol. The fraction of sp³-hybridized carbons (Fsp3) is 0.500. The lowest BCUT2D eigenvalue weighted by atomic mass is 10.2. The van der Waals surface area contributed by atoms with Gasteiger partial charge in [0.2, 0.25) is 10.0 Å². The molecule has 1 fully saturated rings. The number of aryl methyl sites for hydroxylation is 3. The van der Waals surface area contributed by atoms with Gasteiger partial charge in [0.25, 0.3) is 0 Å². The number of nitrogens with zero attached hydrogens (tertiary/aromatic N) is 4. The number of halogens is 2. The van der Waals surface area contributed by atoms with Gasteiger partial charge in [-0.25, -0.2) is 8.42 Å². The molecule has 1 aliphatic heterocycles. The van der Waals surface area contributed by atoms with Gasteiger partial charge in [0.15, 0.2) is 0 Å². The molecule has 0 N–H and O–H groups in total. The molecule has 9 heteroatoms. The van der Waals surface area contributed by atoms with Crippen LogP contribution in [0.1, 0.15) is 17.0 Å². The first-order valence-electron chi connectivity index (χ1n) is 8.87. The van der Waals surface area contributed by atoms with Gasteiger partial charge >= 0.3 is 0 Å². The third-order valence-corrected chi connectivity index (χ3v) is 7.66. The van der Waals surface area contributed by atoms with Gasteiger partial charge in [-0.05, 0) is 44.5 Å². The van der Waals surface area contributed by atoms with Crippen LogP contribution in [0.3, 0.4) is 0 Å². The summed E-state index contributed by atoms with van der Waals surface area (Å²) in [7, 11) is -3.63. The van der Waals surface area contributed by atoms with Gasteiger partial charge < -0.3 is 0 Å². The Balaban J connectivity index is 1.63. The van der Waals surface area contributed by atoms with Crippen molar-refractivity contribution in [1.29, 1.82) is 0 Å². The molecule has 0 aliphatic carbocycles. The van der Waals surface area contributed by atoms with Crippen LogP contribution < -0.4 is 0 Å². The summed E-state index contributed by atoms with van der Waals surface area (Å²) in [4.78, 5) is 2.39. The van der Waals surface area contributed by atoms with Crippen molar-refractivity contribution in [2.75, 3.05) is 32.7 Å². The van der Waals surface area contributed by atoms with E-state index in [1.165, 1.54) is 10.4 Å². The summed E-state index contributed by atoms with van der Waals surface area (Å²) >= 11 is 12.2. The van der Waals surface area contributed by atoms with Crippen LogP contribution in [0.5, 0.6) is 0 Å². The van der Waals surface area contributed by atoms with E-state index in [0.717, 1.165) is 24.5 Å². The molecule has 0 atom stereocenters. The zero-order chi connectivity index (χ0) is 19.8. The van der Waals surface area contributed by atoms with E-state index in [-0.39, 0.29) is 9.92 Å². The van der Waals surface area contributed by atoms with E-state index in [4.69, 9.17) is 23.2 Å². The first-order chi connectivity index (χ1) is 12.7. The van der Waals surface area contributed by atoms with Crippen molar-refractivity contribution in [3.8, 4) is 0 Å². The molecule has 1 aromatic carbocycles. The van der Waals surface area contributed by atoms with Crippen molar-refractivity contribution in [3.05, 3.63) is 45.2 Å². The van der Waals surface area contributed by atoms with E-state index in [0.29, 0.717) is 36.8 Å². The smallest absolute Gasteiger partial charge is 0.244 e. The molecule has 3 rings (SSSR count). The Bertz CT molecular complexity index is 935. The molecule has 0 spiro atoms. The van der Waals surface area contributed by atoms with Crippen LogP contribution in [0.15, 0.2) is 23.1 Å². The number of hydrogen-bond acceptors (Lipinski definition) is 4. The molecule has 1 aromatic heterocycles. The predicted molar refractivity (Wildman–Crippen MR) is 108 cm³/mol. The Hall–Kier alpha value is -1.12. The highest BCUT2D eigenvalue weighted by Crippen LogP contribution is 2.30. The van der Waals surface area contributed by atoms with Crippen LogP contribution in [-0.4, -0.2) is 60.1 Å². The molecule has 0 bridgehead atoms. The maximum Gasteiger partial charge on any atom is 0.244 e. The fourth-order valence-corrected chi connectivity index (χ4v) is 5.53. The maximum atomic E-state index is 13.0. The third kappa shape index (κ3) is 4.49. The minimum absolute atomic E-state index is 0.127. The first kappa shape index (κ1) is 20.6. The number of rotatable bonds is 5. The summed E-state index contributed by atoms with van der Waals surface area (Å²) < 4.78 is 29.4.